The normalized spacial score (nSPS) is 10.9. The number of aromatic nitrogens is 4. The lowest BCUT2D eigenvalue weighted by Gasteiger charge is -2.12. The Morgan fingerprint density at radius 2 is 1.89 bits per heavy atom. The van der Waals surface area contributed by atoms with Crippen LogP contribution in [0.5, 0.6) is 0 Å². The first kappa shape index (κ1) is 17.9. The van der Waals surface area contributed by atoms with E-state index in [0.717, 1.165) is 11.8 Å². The molecular weight excluding hydrogens is 381 g/mol. The zero-order valence-corrected chi connectivity index (χ0v) is 15.2. The van der Waals surface area contributed by atoms with E-state index in [1.165, 1.54) is 22.9 Å². The number of para-hydroxylation sites is 2. The van der Waals surface area contributed by atoms with Gasteiger partial charge in [0.25, 0.3) is 5.56 Å². The van der Waals surface area contributed by atoms with Gasteiger partial charge in [-0.15, -0.1) is 0 Å². The summed E-state index contributed by atoms with van der Waals surface area (Å²) in [6.07, 6.45) is 1.42. The molecular formula is C19H14FN5O2S. The van der Waals surface area contributed by atoms with Gasteiger partial charge in [0.2, 0.25) is 5.91 Å². The zero-order valence-electron chi connectivity index (χ0n) is 14.4. The fourth-order valence-corrected chi connectivity index (χ4v) is 3.46. The Bertz CT molecular complexity index is 1210. The van der Waals surface area contributed by atoms with Crippen molar-refractivity contribution in [3.8, 4) is 5.69 Å². The van der Waals surface area contributed by atoms with E-state index in [-0.39, 0.29) is 17.0 Å². The third kappa shape index (κ3) is 3.52. The molecule has 2 aromatic carbocycles. The lowest BCUT2D eigenvalue weighted by molar-refractivity contribution is -0.113. The number of thioether (sulfide) groups is 1. The van der Waals surface area contributed by atoms with E-state index in [1.807, 2.05) is 6.07 Å². The molecule has 0 saturated heterocycles. The standard InChI is InChI=1S/C19H14FN5O2S/c20-14-8-4-5-9-15(14)22-16(26)11-28-19-23-17-13(10-21-24-17)18(27)25(19)12-6-2-1-3-7-12/h1-10H,11H2,(H,21,24)(H,22,26). The number of H-pyrrole nitrogens is 1. The van der Waals surface area contributed by atoms with Crippen LogP contribution in [0, 0.1) is 5.82 Å². The SMILES string of the molecule is O=C(CSc1nc2[nH]ncc2c(=O)n1-c1ccccc1)Nc1ccccc1F. The molecule has 0 aliphatic carbocycles. The van der Waals surface area contributed by atoms with Crippen LogP contribution in [0.4, 0.5) is 10.1 Å². The van der Waals surface area contributed by atoms with Gasteiger partial charge in [-0.05, 0) is 24.3 Å². The highest BCUT2D eigenvalue weighted by molar-refractivity contribution is 7.99. The monoisotopic (exact) mass is 395 g/mol. The van der Waals surface area contributed by atoms with Gasteiger partial charge in [0.05, 0.1) is 23.3 Å². The maximum atomic E-state index is 13.7. The quantitative estimate of drug-likeness (QED) is 0.400. The molecule has 28 heavy (non-hydrogen) atoms. The molecule has 0 radical (unpaired) electrons. The number of anilines is 1. The average molecular weight is 395 g/mol. The summed E-state index contributed by atoms with van der Waals surface area (Å²) in [7, 11) is 0. The molecule has 0 spiro atoms. The van der Waals surface area contributed by atoms with Crippen molar-refractivity contribution in [3.63, 3.8) is 0 Å². The fourth-order valence-electron chi connectivity index (χ4n) is 2.65. The topological polar surface area (TPSA) is 92.7 Å². The van der Waals surface area contributed by atoms with Crippen molar-refractivity contribution in [3.05, 3.63) is 77.0 Å². The van der Waals surface area contributed by atoms with E-state index in [1.54, 1.807) is 36.4 Å². The number of benzene rings is 2. The fraction of sp³-hybridized carbons (Fsp3) is 0.0526. The minimum Gasteiger partial charge on any atom is -0.323 e. The molecule has 0 unspecified atom stereocenters. The molecule has 2 aromatic heterocycles. The Hall–Kier alpha value is -3.46. The van der Waals surface area contributed by atoms with Crippen molar-refractivity contribution < 1.29 is 9.18 Å². The van der Waals surface area contributed by atoms with Gasteiger partial charge < -0.3 is 5.32 Å². The first-order valence-corrected chi connectivity index (χ1v) is 9.31. The lowest BCUT2D eigenvalue weighted by Crippen LogP contribution is -2.22. The number of hydrogen-bond acceptors (Lipinski definition) is 5. The Balaban J connectivity index is 1.64. The number of rotatable bonds is 5. The molecule has 0 saturated carbocycles. The summed E-state index contributed by atoms with van der Waals surface area (Å²) in [5.74, 6) is -0.972. The molecule has 4 aromatic rings. The summed E-state index contributed by atoms with van der Waals surface area (Å²) in [4.78, 5) is 29.6. The van der Waals surface area contributed by atoms with Gasteiger partial charge in [-0.3, -0.25) is 19.3 Å². The molecule has 2 N–H and O–H groups in total. The number of nitrogens with one attached hydrogen (secondary N) is 2. The molecule has 0 aliphatic heterocycles. The second kappa shape index (κ2) is 7.65. The molecule has 0 bridgehead atoms. The van der Waals surface area contributed by atoms with Gasteiger partial charge in [-0.1, -0.05) is 42.1 Å². The predicted octanol–water partition coefficient (Wildman–Crippen LogP) is 2.98. The molecule has 4 rings (SSSR count). The number of carbonyl (C=O) groups excluding carboxylic acids is 1. The van der Waals surface area contributed by atoms with Crippen LogP contribution in [0.25, 0.3) is 16.7 Å². The lowest BCUT2D eigenvalue weighted by atomic mass is 10.3. The second-order valence-corrected chi connectivity index (χ2v) is 6.76. The van der Waals surface area contributed by atoms with Crippen LogP contribution < -0.4 is 10.9 Å². The van der Waals surface area contributed by atoms with Gasteiger partial charge in [0, 0.05) is 0 Å². The molecule has 2 heterocycles. The van der Waals surface area contributed by atoms with Crippen LogP contribution in [0.2, 0.25) is 0 Å². The number of nitrogens with zero attached hydrogens (tertiary/aromatic N) is 3. The van der Waals surface area contributed by atoms with Crippen LogP contribution in [0.1, 0.15) is 0 Å². The summed E-state index contributed by atoms with van der Waals surface area (Å²) < 4.78 is 15.1. The van der Waals surface area contributed by atoms with Crippen LogP contribution in [0.3, 0.4) is 0 Å². The number of fused-ring (bicyclic) bond motifs is 1. The highest BCUT2D eigenvalue weighted by Gasteiger charge is 2.16. The predicted molar refractivity (Wildman–Crippen MR) is 105 cm³/mol. The molecule has 0 fully saturated rings. The first-order chi connectivity index (χ1) is 13.6. The summed E-state index contributed by atoms with van der Waals surface area (Å²) in [5, 5.41) is 9.74. The Kier molecular flexibility index (Phi) is 4.90. The molecule has 7 nitrogen and oxygen atoms in total. The van der Waals surface area contributed by atoms with Crippen LogP contribution in [-0.2, 0) is 4.79 Å². The van der Waals surface area contributed by atoms with Gasteiger partial charge in [-0.2, -0.15) is 5.10 Å². The van der Waals surface area contributed by atoms with Gasteiger partial charge in [0.15, 0.2) is 10.8 Å². The minimum absolute atomic E-state index is 0.0484. The van der Waals surface area contributed by atoms with Crippen LogP contribution >= 0.6 is 11.8 Å². The Morgan fingerprint density at radius 1 is 1.14 bits per heavy atom. The van der Waals surface area contributed by atoms with Gasteiger partial charge >= 0.3 is 0 Å². The van der Waals surface area contributed by atoms with E-state index in [0.29, 0.717) is 21.9 Å². The van der Waals surface area contributed by atoms with E-state index in [9.17, 15) is 14.0 Å². The van der Waals surface area contributed by atoms with Crippen molar-refractivity contribution >= 4 is 34.4 Å². The van der Waals surface area contributed by atoms with E-state index < -0.39 is 11.7 Å². The first-order valence-electron chi connectivity index (χ1n) is 8.32. The van der Waals surface area contributed by atoms with Crippen molar-refractivity contribution in [2.45, 2.75) is 5.16 Å². The number of amides is 1. The maximum Gasteiger partial charge on any atom is 0.269 e. The van der Waals surface area contributed by atoms with Crippen molar-refractivity contribution in [1.82, 2.24) is 19.7 Å². The summed E-state index contributed by atoms with van der Waals surface area (Å²) in [6.45, 7) is 0. The molecule has 0 atom stereocenters. The summed E-state index contributed by atoms with van der Waals surface area (Å²) in [5.41, 5.74) is 0.779. The summed E-state index contributed by atoms with van der Waals surface area (Å²) >= 11 is 1.08. The Labute approximate surface area is 162 Å². The highest BCUT2D eigenvalue weighted by atomic mass is 32.2. The van der Waals surface area contributed by atoms with E-state index in [4.69, 9.17) is 0 Å². The average Bonchev–Trinajstić information content (AvgIpc) is 3.18. The second-order valence-electron chi connectivity index (χ2n) is 5.82. The number of hydrogen-bond donors (Lipinski definition) is 2. The number of carbonyl (C=O) groups is 1. The minimum atomic E-state index is -0.515. The number of halogens is 1. The molecule has 140 valence electrons. The van der Waals surface area contributed by atoms with Crippen LogP contribution in [0.15, 0.2) is 70.7 Å². The van der Waals surface area contributed by atoms with Crippen molar-refractivity contribution in [2.75, 3.05) is 11.1 Å². The smallest absolute Gasteiger partial charge is 0.269 e. The zero-order chi connectivity index (χ0) is 19.5. The van der Waals surface area contributed by atoms with Gasteiger partial charge in [0.1, 0.15) is 11.2 Å². The highest BCUT2D eigenvalue weighted by Crippen LogP contribution is 2.21. The van der Waals surface area contributed by atoms with E-state index in [2.05, 4.69) is 20.5 Å². The van der Waals surface area contributed by atoms with Crippen molar-refractivity contribution in [2.24, 2.45) is 0 Å². The number of aromatic amines is 1. The third-order valence-electron chi connectivity index (χ3n) is 3.95. The Morgan fingerprint density at radius 3 is 2.68 bits per heavy atom. The molecule has 1 amide bonds. The molecule has 9 heteroatoms. The van der Waals surface area contributed by atoms with Crippen LogP contribution in [-0.4, -0.2) is 31.4 Å². The van der Waals surface area contributed by atoms with Crippen molar-refractivity contribution in [1.29, 1.82) is 0 Å². The summed E-state index contributed by atoms with van der Waals surface area (Å²) in [6, 6.07) is 14.9. The largest absolute Gasteiger partial charge is 0.323 e. The third-order valence-corrected chi connectivity index (χ3v) is 4.88. The van der Waals surface area contributed by atoms with E-state index >= 15 is 0 Å². The van der Waals surface area contributed by atoms with Gasteiger partial charge in [-0.25, -0.2) is 9.37 Å². The maximum absolute atomic E-state index is 13.7. The molecule has 0 aliphatic rings.